The second kappa shape index (κ2) is 3.73. The summed E-state index contributed by atoms with van der Waals surface area (Å²) in [4.78, 5) is 4.62. The Morgan fingerprint density at radius 2 is 2.36 bits per heavy atom. The second-order valence-electron chi connectivity index (χ2n) is 4.21. The maximum Gasteiger partial charge on any atom is 0.106 e. The zero-order valence-corrected chi connectivity index (χ0v) is 9.08. The van der Waals surface area contributed by atoms with E-state index in [2.05, 4.69) is 23.4 Å². The highest BCUT2D eigenvalue weighted by molar-refractivity contribution is 5.20. The van der Waals surface area contributed by atoms with Gasteiger partial charge >= 0.3 is 0 Å². The Labute approximate surface area is 85.3 Å². The van der Waals surface area contributed by atoms with Gasteiger partial charge in [0.15, 0.2) is 0 Å². The Morgan fingerprint density at radius 1 is 1.57 bits per heavy atom. The molecule has 2 N–H and O–H groups in total. The van der Waals surface area contributed by atoms with Gasteiger partial charge in [-0.05, 0) is 19.8 Å². The molecule has 1 unspecified atom stereocenters. The van der Waals surface area contributed by atoms with E-state index in [9.17, 15) is 0 Å². The average molecular weight is 193 g/mol. The summed E-state index contributed by atoms with van der Waals surface area (Å²) in [5.74, 6) is 1.16. The molecule has 0 fully saturated rings. The molecule has 78 valence electrons. The Bertz CT molecular complexity index is 328. The minimum atomic E-state index is 0.342. The van der Waals surface area contributed by atoms with Crippen molar-refractivity contribution < 1.29 is 0 Å². The lowest BCUT2D eigenvalue weighted by Crippen LogP contribution is -2.31. The van der Waals surface area contributed by atoms with Crippen LogP contribution in [-0.2, 0) is 19.4 Å². The summed E-state index contributed by atoms with van der Waals surface area (Å²) in [7, 11) is 0. The standard InChI is InChI=1S/C11H19N3/c1-3-4-10-11-7-9(12)5-6-14(11)8(2)13-10/h9H,3-7,12H2,1-2H3. The highest BCUT2D eigenvalue weighted by Gasteiger charge is 2.21. The van der Waals surface area contributed by atoms with E-state index in [4.69, 9.17) is 5.73 Å². The Hall–Kier alpha value is -0.830. The van der Waals surface area contributed by atoms with Crippen LogP contribution in [0, 0.1) is 6.92 Å². The molecule has 3 heteroatoms. The molecule has 0 saturated carbocycles. The number of aromatic nitrogens is 2. The molecule has 1 aromatic rings. The van der Waals surface area contributed by atoms with Gasteiger partial charge in [-0.15, -0.1) is 0 Å². The molecule has 0 saturated heterocycles. The smallest absolute Gasteiger partial charge is 0.106 e. The number of nitrogens with two attached hydrogens (primary N) is 1. The molecule has 0 aromatic carbocycles. The summed E-state index contributed by atoms with van der Waals surface area (Å²) < 4.78 is 2.34. The first-order valence-electron chi connectivity index (χ1n) is 5.52. The largest absolute Gasteiger partial charge is 0.332 e. The lowest BCUT2D eigenvalue weighted by Gasteiger charge is -2.22. The van der Waals surface area contributed by atoms with Gasteiger partial charge in [0.1, 0.15) is 5.82 Å². The number of rotatable bonds is 2. The monoisotopic (exact) mass is 193 g/mol. The van der Waals surface area contributed by atoms with Crippen LogP contribution in [0.1, 0.15) is 37.0 Å². The molecule has 1 aromatic heterocycles. The lowest BCUT2D eigenvalue weighted by atomic mass is 10.0. The first-order chi connectivity index (χ1) is 6.72. The van der Waals surface area contributed by atoms with Gasteiger partial charge in [-0.25, -0.2) is 4.98 Å². The zero-order valence-electron chi connectivity index (χ0n) is 9.08. The van der Waals surface area contributed by atoms with E-state index in [0.717, 1.165) is 31.6 Å². The van der Waals surface area contributed by atoms with E-state index < -0.39 is 0 Å². The molecule has 0 spiro atoms. The van der Waals surface area contributed by atoms with Crippen molar-refractivity contribution in [2.75, 3.05) is 0 Å². The Balaban J connectivity index is 2.34. The van der Waals surface area contributed by atoms with Gasteiger partial charge in [0, 0.05) is 24.7 Å². The van der Waals surface area contributed by atoms with Gasteiger partial charge < -0.3 is 10.3 Å². The van der Waals surface area contributed by atoms with Crippen molar-refractivity contribution >= 4 is 0 Å². The highest BCUT2D eigenvalue weighted by atomic mass is 15.1. The fourth-order valence-electron chi connectivity index (χ4n) is 2.28. The highest BCUT2D eigenvalue weighted by Crippen LogP contribution is 2.20. The predicted molar refractivity (Wildman–Crippen MR) is 57.3 cm³/mol. The minimum absolute atomic E-state index is 0.342. The van der Waals surface area contributed by atoms with Gasteiger partial charge in [0.2, 0.25) is 0 Å². The number of hydrogen-bond donors (Lipinski definition) is 1. The fourth-order valence-corrected chi connectivity index (χ4v) is 2.28. The molecule has 14 heavy (non-hydrogen) atoms. The summed E-state index contributed by atoms with van der Waals surface area (Å²) in [6, 6.07) is 0.342. The number of fused-ring (bicyclic) bond motifs is 1. The van der Waals surface area contributed by atoms with Crippen LogP contribution in [-0.4, -0.2) is 15.6 Å². The third-order valence-corrected chi connectivity index (χ3v) is 3.01. The molecule has 2 heterocycles. The topological polar surface area (TPSA) is 43.8 Å². The molecule has 0 aliphatic carbocycles. The summed E-state index contributed by atoms with van der Waals surface area (Å²) in [6.07, 6.45) is 4.36. The van der Waals surface area contributed by atoms with Crippen molar-refractivity contribution in [3.63, 3.8) is 0 Å². The molecule has 1 aliphatic rings. The van der Waals surface area contributed by atoms with Crippen LogP contribution in [0.2, 0.25) is 0 Å². The van der Waals surface area contributed by atoms with E-state index in [0.29, 0.717) is 6.04 Å². The molecular weight excluding hydrogens is 174 g/mol. The molecule has 2 rings (SSSR count). The van der Waals surface area contributed by atoms with E-state index in [1.165, 1.54) is 17.8 Å². The number of nitrogens with zero attached hydrogens (tertiary/aromatic N) is 2. The molecule has 1 aliphatic heterocycles. The molecule has 1 atom stereocenters. The normalized spacial score (nSPS) is 20.9. The van der Waals surface area contributed by atoms with Gasteiger partial charge in [0.05, 0.1) is 5.69 Å². The van der Waals surface area contributed by atoms with Crippen molar-refractivity contribution in [3.8, 4) is 0 Å². The molecule has 0 bridgehead atoms. The van der Waals surface area contributed by atoms with Gasteiger partial charge in [-0.2, -0.15) is 0 Å². The first kappa shape index (κ1) is 9.71. The maximum atomic E-state index is 5.98. The van der Waals surface area contributed by atoms with E-state index in [1.54, 1.807) is 0 Å². The van der Waals surface area contributed by atoms with Gasteiger partial charge in [-0.3, -0.25) is 0 Å². The third kappa shape index (κ3) is 1.57. The second-order valence-corrected chi connectivity index (χ2v) is 4.21. The molecule has 0 radical (unpaired) electrons. The quantitative estimate of drug-likeness (QED) is 0.772. The molecular formula is C11H19N3. The van der Waals surface area contributed by atoms with Crippen LogP contribution in [0.5, 0.6) is 0 Å². The lowest BCUT2D eigenvalue weighted by molar-refractivity contribution is 0.463. The van der Waals surface area contributed by atoms with Gasteiger partial charge in [-0.1, -0.05) is 13.3 Å². The minimum Gasteiger partial charge on any atom is -0.332 e. The van der Waals surface area contributed by atoms with E-state index in [-0.39, 0.29) is 0 Å². The number of imidazole rings is 1. The summed E-state index contributed by atoms with van der Waals surface area (Å²) in [6.45, 7) is 5.35. The number of aryl methyl sites for hydroxylation is 2. The number of hydrogen-bond acceptors (Lipinski definition) is 2. The van der Waals surface area contributed by atoms with Crippen molar-refractivity contribution in [1.29, 1.82) is 0 Å². The SMILES string of the molecule is CCCc1nc(C)n2c1CC(N)CC2. The van der Waals surface area contributed by atoms with Crippen LogP contribution in [0.15, 0.2) is 0 Å². The summed E-state index contributed by atoms with van der Waals surface area (Å²) in [5, 5.41) is 0. The van der Waals surface area contributed by atoms with Crippen LogP contribution >= 0.6 is 0 Å². The van der Waals surface area contributed by atoms with Crippen molar-refractivity contribution in [2.24, 2.45) is 5.73 Å². The Kier molecular flexibility index (Phi) is 2.59. The third-order valence-electron chi connectivity index (χ3n) is 3.01. The van der Waals surface area contributed by atoms with Gasteiger partial charge in [0.25, 0.3) is 0 Å². The maximum absolute atomic E-state index is 5.98. The van der Waals surface area contributed by atoms with Crippen molar-refractivity contribution in [1.82, 2.24) is 9.55 Å². The first-order valence-corrected chi connectivity index (χ1v) is 5.52. The van der Waals surface area contributed by atoms with Crippen molar-refractivity contribution in [2.45, 2.75) is 52.1 Å². The van der Waals surface area contributed by atoms with Crippen LogP contribution in [0.3, 0.4) is 0 Å². The molecule has 3 nitrogen and oxygen atoms in total. The zero-order chi connectivity index (χ0) is 10.1. The van der Waals surface area contributed by atoms with E-state index >= 15 is 0 Å². The average Bonchev–Trinajstić information content (AvgIpc) is 2.44. The summed E-state index contributed by atoms with van der Waals surface area (Å²) in [5.41, 5.74) is 8.65. The van der Waals surface area contributed by atoms with Crippen LogP contribution in [0.25, 0.3) is 0 Å². The Morgan fingerprint density at radius 3 is 3.07 bits per heavy atom. The van der Waals surface area contributed by atoms with Crippen molar-refractivity contribution in [3.05, 3.63) is 17.2 Å². The fraction of sp³-hybridized carbons (Fsp3) is 0.727. The summed E-state index contributed by atoms with van der Waals surface area (Å²) >= 11 is 0. The molecule has 0 amide bonds. The van der Waals surface area contributed by atoms with E-state index in [1.807, 2.05) is 0 Å². The van der Waals surface area contributed by atoms with Crippen LogP contribution in [0.4, 0.5) is 0 Å². The predicted octanol–water partition coefficient (Wildman–Crippen LogP) is 1.42. The van der Waals surface area contributed by atoms with Crippen LogP contribution < -0.4 is 5.73 Å².